The molecule has 2 aromatic rings. The van der Waals surface area contributed by atoms with E-state index in [0.29, 0.717) is 17.8 Å². The Morgan fingerprint density at radius 3 is 2.86 bits per heavy atom. The summed E-state index contributed by atoms with van der Waals surface area (Å²) in [6.07, 6.45) is 1.42. The molecule has 118 valence electrons. The van der Waals surface area contributed by atoms with E-state index in [4.69, 9.17) is 4.74 Å². The summed E-state index contributed by atoms with van der Waals surface area (Å²) in [6, 6.07) is 1.68. The van der Waals surface area contributed by atoms with Crippen LogP contribution in [0.1, 0.15) is 36.3 Å². The van der Waals surface area contributed by atoms with Gasteiger partial charge in [-0.05, 0) is 26.3 Å². The van der Waals surface area contributed by atoms with Gasteiger partial charge in [0, 0.05) is 25.2 Å². The molecule has 1 atom stereocenters. The zero-order valence-corrected chi connectivity index (χ0v) is 13.2. The molecule has 0 fully saturated rings. The number of carbonyl (C=O) groups excluding carboxylic acids is 2. The molecule has 0 saturated carbocycles. The van der Waals surface area contributed by atoms with Gasteiger partial charge in [-0.2, -0.15) is 5.10 Å². The number of rotatable bonds is 5. The second kappa shape index (κ2) is 6.55. The Kier molecular flexibility index (Phi) is 4.75. The quantitative estimate of drug-likeness (QED) is 0.843. The molecule has 22 heavy (non-hydrogen) atoms. The number of ether oxygens (including phenoxy) is 1. The normalized spacial score (nSPS) is 12.2. The van der Waals surface area contributed by atoms with Crippen LogP contribution in [-0.4, -0.2) is 39.3 Å². The van der Waals surface area contributed by atoms with E-state index in [-0.39, 0.29) is 5.91 Å². The van der Waals surface area contributed by atoms with Crippen molar-refractivity contribution in [3.63, 3.8) is 0 Å². The zero-order valence-electron chi connectivity index (χ0n) is 13.2. The first-order valence-electron chi connectivity index (χ1n) is 7.22. The Morgan fingerprint density at radius 2 is 2.18 bits per heavy atom. The highest BCUT2D eigenvalue weighted by Gasteiger charge is 2.19. The molecule has 0 aliphatic heterocycles. The lowest BCUT2D eigenvalue weighted by atomic mass is 10.2. The smallest absolute Gasteiger partial charge is 0.340 e. The number of carbonyl (C=O) groups is 2. The van der Waals surface area contributed by atoms with Crippen molar-refractivity contribution in [3.8, 4) is 0 Å². The minimum absolute atomic E-state index is 0.304. The SMILES string of the molecule is CCCNC(=O)C(C)OC(=O)c1cnc2c(c1)c(C)nn2C. The molecule has 7 nitrogen and oxygen atoms in total. The fourth-order valence-electron chi connectivity index (χ4n) is 2.09. The standard InChI is InChI=1S/C15H20N4O3/c1-5-6-16-14(20)10(3)22-15(21)11-7-12-9(2)18-19(4)13(12)17-8-11/h7-8,10H,5-6H2,1-4H3,(H,16,20). The Bertz CT molecular complexity index is 708. The third kappa shape index (κ3) is 3.24. The van der Waals surface area contributed by atoms with E-state index in [1.54, 1.807) is 24.7 Å². The summed E-state index contributed by atoms with van der Waals surface area (Å²) in [4.78, 5) is 28.1. The fourth-order valence-corrected chi connectivity index (χ4v) is 2.09. The van der Waals surface area contributed by atoms with Crippen LogP contribution in [-0.2, 0) is 16.6 Å². The molecule has 0 spiro atoms. The number of fused-ring (bicyclic) bond motifs is 1. The number of nitrogens with zero attached hydrogens (tertiary/aromatic N) is 3. The highest BCUT2D eigenvalue weighted by Crippen LogP contribution is 2.17. The van der Waals surface area contributed by atoms with Crippen LogP contribution in [0.3, 0.4) is 0 Å². The van der Waals surface area contributed by atoms with Crippen LogP contribution in [0.4, 0.5) is 0 Å². The van der Waals surface area contributed by atoms with Crippen molar-refractivity contribution < 1.29 is 14.3 Å². The van der Waals surface area contributed by atoms with Crippen LogP contribution in [0.5, 0.6) is 0 Å². The molecular formula is C15H20N4O3. The second-order valence-electron chi connectivity index (χ2n) is 5.14. The monoisotopic (exact) mass is 304 g/mol. The Labute approximate surface area is 128 Å². The van der Waals surface area contributed by atoms with Gasteiger partial charge in [0.15, 0.2) is 11.8 Å². The number of amides is 1. The van der Waals surface area contributed by atoms with Crippen molar-refractivity contribution in [2.45, 2.75) is 33.3 Å². The molecule has 0 aliphatic rings. The van der Waals surface area contributed by atoms with Crippen molar-refractivity contribution >= 4 is 22.9 Å². The Hall–Kier alpha value is -2.44. The summed E-state index contributed by atoms with van der Waals surface area (Å²) in [5, 5.41) is 7.73. The highest BCUT2D eigenvalue weighted by molar-refractivity contribution is 5.95. The summed E-state index contributed by atoms with van der Waals surface area (Å²) in [5.41, 5.74) is 1.79. The van der Waals surface area contributed by atoms with Crippen molar-refractivity contribution in [2.24, 2.45) is 7.05 Å². The first-order chi connectivity index (χ1) is 10.4. The number of nitrogens with one attached hydrogen (secondary N) is 1. The van der Waals surface area contributed by atoms with Crippen LogP contribution in [0.2, 0.25) is 0 Å². The molecule has 7 heteroatoms. The number of esters is 1. The van der Waals surface area contributed by atoms with Gasteiger partial charge in [-0.15, -0.1) is 0 Å². The van der Waals surface area contributed by atoms with E-state index in [9.17, 15) is 9.59 Å². The number of aromatic nitrogens is 3. The van der Waals surface area contributed by atoms with Gasteiger partial charge >= 0.3 is 5.97 Å². The molecule has 0 bridgehead atoms. The van der Waals surface area contributed by atoms with Gasteiger partial charge in [0.05, 0.1) is 11.3 Å². The van der Waals surface area contributed by atoms with E-state index in [0.717, 1.165) is 17.5 Å². The van der Waals surface area contributed by atoms with Gasteiger partial charge in [0.1, 0.15) is 0 Å². The number of pyridine rings is 1. The van der Waals surface area contributed by atoms with Crippen molar-refractivity contribution in [2.75, 3.05) is 6.54 Å². The molecule has 1 N–H and O–H groups in total. The summed E-state index contributed by atoms with van der Waals surface area (Å²) >= 11 is 0. The maximum absolute atomic E-state index is 12.1. The van der Waals surface area contributed by atoms with Crippen LogP contribution in [0.25, 0.3) is 11.0 Å². The molecule has 0 saturated heterocycles. The predicted octanol–water partition coefficient (Wildman–Crippen LogP) is 1.35. The lowest BCUT2D eigenvalue weighted by molar-refractivity contribution is -0.129. The summed E-state index contributed by atoms with van der Waals surface area (Å²) in [6.45, 7) is 5.90. The van der Waals surface area contributed by atoms with E-state index in [1.165, 1.54) is 6.20 Å². The fraction of sp³-hybridized carbons (Fsp3) is 0.467. The van der Waals surface area contributed by atoms with Crippen LogP contribution in [0.15, 0.2) is 12.3 Å². The van der Waals surface area contributed by atoms with Crippen LogP contribution >= 0.6 is 0 Å². The van der Waals surface area contributed by atoms with Crippen LogP contribution in [0, 0.1) is 6.92 Å². The van der Waals surface area contributed by atoms with Gasteiger partial charge in [-0.25, -0.2) is 9.78 Å². The van der Waals surface area contributed by atoms with Crippen molar-refractivity contribution in [1.29, 1.82) is 0 Å². The number of aryl methyl sites for hydroxylation is 2. The average Bonchev–Trinajstić information content (AvgIpc) is 2.79. The molecule has 2 rings (SSSR count). The maximum atomic E-state index is 12.1. The van der Waals surface area contributed by atoms with Gasteiger partial charge in [0.25, 0.3) is 5.91 Å². The van der Waals surface area contributed by atoms with Crippen LogP contribution < -0.4 is 5.32 Å². The minimum atomic E-state index is -0.843. The van der Waals surface area contributed by atoms with E-state index in [1.807, 2.05) is 13.8 Å². The molecule has 2 heterocycles. The zero-order chi connectivity index (χ0) is 16.3. The van der Waals surface area contributed by atoms with Gasteiger partial charge in [-0.1, -0.05) is 6.92 Å². The molecular weight excluding hydrogens is 284 g/mol. The Morgan fingerprint density at radius 1 is 1.45 bits per heavy atom. The lowest BCUT2D eigenvalue weighted by Crippen LogP contribution is -2.36. The third-order valence-corrected chi connectivity index (χ3v) is 3.30. The third-order valence-electron chi connectivity index (χ3n) is 3.30. The van der Waals surface area contributed by atoms with E-state index in [2.05, 4.69) is 15.4 Å². The molecule has 2 aromatic heterocycles. The average molecular weight is 304 g/mol. The summed E-state index contributed by atoms with van der Waals surface area (Å²) in [5.74, 6) is -0.876. The van der Waals surface area contributed by atoms with E-state index < -0.39 is 12.1 Å². The van der Waals surface area contributed by atoms with Gasteiger partial charge in [0.2, 0.25) is 0 Å². The maximum Gasteiger partial charge on any atom is 0.340 e. The number of hydrogen-bond donors (Lipinski definition) is 1. The first-order valence-corrected chi connectivity index (χ1v) is 7.22. The second-order valence-corrected chi connectivity index (χ2v) is 5.14. The molecule has 0 radical (unpaired) electrons. The predicted molar refractivity (Wildman–Crippen MR) is 81.4 cm³/mol. The molecule has 0 aliphatic carbocycles. The number of hydrogen-bond acceptors (Lipinski definition) is 5. The van der Waals surface area contributed by atoms with E-state index >= 15 is 0 Å². The first kappa shape index (κ1) is 15.9. The van der Waals surface area contributed by atoms with Gasteiger partial charge in [-0.3, -0.25) is 9.48 Å². The highest BCUT2D eigenvalue weighted by atomic mass is 16.5. The topological polar surface area (TPSA) is 86.1 Å². The molecule has 1 amide bonds. The Balaban J connectivity index is 2.12. The van der Waals surface area contributed by atoms with Gasteiger partial charge < -0.3 is 10.1 Å². The molecule has 1 unspecified atom stereocenters. The lowest BCUT2D eigenvalue weighted by Gasteiger charge is -2.13. The largest absolute Gasteiger partial charge is 0.449 e. The van der Waals surface area contributed by atoms with Crippen molar-refractivity contribution in [3.05, 3.63) is 23.5 Å². The minimum Gasteiger partial charge on any atom is -0.449 e. The summed E-state index contributed by atoms with van der Waals surface area (Å²) < 4.78 is 6.83. The summed E-state index contributed by atoms with van der Waals surface area (Å²) in [7, 11) is 1.79. The molecule has 0 aromatic carbocycles. The van der Waals surface area contributed by atoms with Crippen molar-refractivity contribution in [1.82, 2.24) is 20.1 Å².